The Morgan fingerprint density at radius 3 is 2.18 bits per heavy atom. The van der Waals surface area contributed by atoms with Gasteiger partial charge < -0.3 is 20.0 Å². The first-order valence-corrected chi connectivity index (χ1v) is 9.82. The first-order valence-electron chi connectivity index (χ1n) is 9.82. The van der Waals surface area contributed by atoms with Crippen LogP contribution in [0.5, 0.6) is 0 Å². The number of carboxylic acid groups (broad SMARTS) is 1. The number of aryl methyl sites for hydroxylation is 2. The van der Waals surface area contributed by atoms with Gasteiger partial charge in [-0.05, 0) is 38.8 Å². The molecule has 2 fully saturated rings. The Bertz CT molecular complexity index is 763. The molecular weight excluding hydrogens is 360 g/mol. The van der Waals surface area contributed by atoms with Crippen LogP contribution in [0.1, 0.15) is 47.2 Å². The van der Waals surface area contributed by atoms with Gasteiger partial charge in [-0.15, -0.1) is 0 Å². The van der Waals surface area contributed by atoms with Crippen molar-refractivity contribution < 1.29 is 24.6 Å². The summed E-state index contributed by atoms with van der Waals surface area (Å²) in [6.07, 6.45) is 1.55. The number of carbonyl (C=O) groups excluding carboxylic acids is 2. The van der Waals surface area contributed by atoms with Gasteiger partial charge in [0.1, 0.15) is 0 Å². The van der Waals surface area contributed by atoms with Crippen LogP contribution in [0.2, 0.25) is 0 Å². The van der Waals surface area contributed by atoms with Gasteiger partial charge in [0.05, 0.1) is 5.92 Å². The fourth-order valence-electron chi connectivity index (χ4n) is 4.21. The average molecular weight is 388 g/mol. The van der Waals surface area contributed by atoms with E-state index in [9.17, 15) is 19.5 Å². The maximum Gasteiger partial charge on any atom is 0.335 e. The zero-order chi connectivity index (χ0) is 20.5. The molecule has 1 aromatic carbocycles. The molecule has 0 bridgehead atoms. The predicted molar refractivity (Wildman–Crippen MR) is 103 cm³/mol. The number of amides is 2. The van der Waals surface area contributed by atoms with Gasteiger partial charge in [-0.25, -0.2) is 4.79 Å². The number of likely N-dealkylation sites (tertiary alicyclic amines) is 2. The third-order valence-electron chi connectivity index (χ3n) is 5.83. The van der Waals surface area contributed by atoms with Crippen molar-refractivity contribution in [3.05, 3.63) is 34.9 Å². The Kier molecular flexibility index (Phi) is 5.74. The van der Waals surface area contributed by atoms with Crippen molar-refractivity contribution in [3.63, 3.8) is 0 Å². The highest BCUT2D eigenvalue weighted by Crippen LogP contribution is 2.26. The second-order valence-electron chi connectivity index (χ2n) is 8.13. The number of nitrogens with zero attached hydrogens (tertiary/aromatic N) is 2. The van der Waals surface area contributed by atoms with Crippen LogP contribution in [0.3, 0.4) is 0 Å². The highest BCUT2D eigenvalue weighted by molar-refractivity contribution is 5.95. The van der Waals surface area contributed by atoms with Gasteiger partial charge in [-0.3, -0.25) is 9.59 Å². The number of aliphatic hydroxyl groups is 1. The summed E-state index contributed by atoms with van der Waals surface area (Å²) in [5, 5.41) is 19.2. The van der Waals surface area contributed by atoms with E-state index in [1.165, 1.54) is 0 Å². The van der Waals surface area contributed by atoms with Crippen LogP contribution < -0.4 is 0 Å². The average Bonchev–Trinajstić information content (AvgIpc) is 2.66. The normalized spacial score (nSPS) is 22.0. The van der Waals surface area contributed by atoms with Gasteiger partial charge in [0.15, 0.2) is 5.60 Å². The van der Waals surface area contributed by atoms with E-state index < -0.39 is 11.6 Å². The lowest BCUT2D eigenvalue weighted by Gasteiger charge is -2.39. The molecule has 0 spiro atoms. The Hall–Kier alpha value is -2.41. The van der Waals surface area contributed by atoms with Crippen LogP contribution in [-0.2, 0) is 9.59 Å². The molecule has 2 aliphatic heterocycles. The number of benzene rings is 1. The minimum atomic E-state index is -1.74. The second-order valence-corrected chi connectivity index (χ2v) is 8.13. The highest BCUT2D eigenvalue weighted by Gasteiger charge is 2.42. The van der Waals surface area contributed by atoms with Crippen molar-refractivity contribution in [2.75, 3.05) is 26.2 Å². The Labute approximate surface area is 164 Å². The smallest absolute Gasteiger partial charge is 0.335 e. The third-order valence-corrected chi connectivity index (χ3v) is 5.83. The predicted octanol–water partition coefficient (Wildman–Crippen LogP) is 1.59. The lowest BCUT2D eigenvalue weighted by molar-refractivity contribution is -0.166. The summed E-state index contributed by atoms with van der Waals surface area (Å²) < 4.78 is 0. The molecule has 0 aliphatic carbocycles. The van der Waals surface area contributed by atoms with E-state index in [4.69, 9.17) is 5.11 Å². The summed E-state index contributed by atoms with van der Waals surface area (Å²) in [7, 11) is 0. The van der Waals surface area contributed by atoms with Gasteiger partial charge in [0.25, 0.3) is 5.91 Å². The van der Waals surface area contributed by atoms with Crippen molar-refractivity contribution in [2.45, 2.75) is 45.1 Å². The van der Waals surface area contributed by atoms with Gasteiger partial charge in [0, 0.05) is 44.6 Å². The lowest BCUT2D eigenvalue weighted by atomic mass is 9.89. The number of piperidine rings is 2. The summed E-state index contributed by atoms with van der Waals surface area (Å²) in [6, 6.07) is 5.77. The molecule has 152 valence electrons. The molecular formula is C21H28N2O5. The zero-order valence-corrected chi connectivity index (χ0v) is 16.5. The number of hydrogen-bond acceptors (Lipinski definition) is 4. The fourth-order valence-corrected chi connectivity index (χ4v) is 4.21. The minimum absolute atomic E-state index is 0.0337. The van der Waals surface area contributed by atoms with E-state index in [0.717, 1.165) is 24.0 Å². The van der Waals surface area contributed by atoms with E-state index >= 15 is 0 Å². The molecule has 1 unspecified atom stereocenters. The summed E-state index contributed by atoms with van der Waals surface area (Å²) in [4.78, 5) is 40.4. The van der Waals surface area contributed by atoms with E-state index in [2.05, 4.69) is 0 Å². The van der Waals surface area contributed by atoms with Crippen molar-refractivity contribution in [3.8, 4) is 0 Å². The molecule has 2 heterocycles. The molecule has 7 nitrogen and oxygen atoms in total. The Morgan fingerprint density at radius 1 is 1.00 bits per heavy atom. The van der Waals surface area contributed by atoms with Crippen LogP contribution >= 0.6 is 0 Å². The van der Waals surface area contributed by atoms with Gasteiger partial charge >= 0.3 is 5.97 Å². The fraction of sp³-hybridized carbons (Fsp3) is 0.571. The molecule has 1 atom stereocenters. The summed E-state index contributed by atoms with van der Waals surface area (Å²) in [5.41, 5.74) is 0.975. The number of carboxylic acids is 1. The Morgan fingerprint density at radius 2 is 1.61 bits per heavy atom. The van der Waals surface area contributed by atoms with Gasteiger partial charge in [-0.1, -0.05) is 17.2 Å². The van der Waals surface area contributed by atoms with Gasteiger partial charge in [-0.2, -0.15) is 0 Å². The summed E-state index contributed by atoms with van der Waals surface area (Å²) in [5.74, 6) is -1.62. The molecule has 0 saturated carbocycles. The number of carbonyl (C=O) groups is 3. The molecule has 3 rings (SSSR count). The van der Waals surface area contributed by atoms with Crippen molar-refractivity contribution in [1.29, 1.82) is 0 Å². The molecule has 7 heteroatoms. The van der Waals surface area contributed by atoms with Crippen LogP contribution in [0.4, 0.5) is 0 Å². The van der Waals surface area contributed by atoms with E-state index in [-0.39, 0.29) is 43.7 Å². The lowest BCUT2D eigenvalue weighted by Crippen LogP contribution is -2.53. The van der Waals surface area contributed by atoms with Gasteiger partial charge in [0.2, 0.25) is 5.91 Å². The summed E-state index contributed by atoms with van der Waals surface area (Å²) >= 11 is 0. The monoisotopic (exact) mass is 388 g/mol. The third kappa shape index (κ3) is 4.19. The molecule has 2 aliphatic rings. The van der Waals surface area contributed by atoms with Crippen molar-refractivity contribution >= 4 is 17.8 Å². The summed E-state index contributed by atoms with van der Waals surface area (Å²) in [6.45, 7) is 5.38. The second kappa shape index (κ2) is 7.91. The maximum absolute atomic E-state index is 12.9. The van der Waals surface area contributed by atoms with Crippen LogP contribution in [0.15, 0.2) is 18.2 Å². The van der Waals surface area contributed by atoms with Crippen LogP contribution in [0.25, 0.3) is 0 Å². The molecule has 0 radical (unpaired) electrons. The number of rotatable bonds is 3. The quantitative estimate of drug-likeness (QED) is 0.820. The molecule has 2 amide bonds. The van der Waals surface area contributed by atoms with Crippen LogP contribution in [-0.4, -0.2) is 69.6 Å². The van der Waals surface area contributed by atoms with Crippen LogP contribution in [0, 0.1) is 19.8 Å². The maximum atomic E-state index is 12.9. The minimum Gasteiger partial charge on any atom is -0.479 e. The molecule has 1 aromatic rings. The van der Waals surface area contributed by atoms with E-state index in [0.29, 0.717) is 18.7 Å². The topological polar surface area (TPSA) is 98.2 Å². The first-order chi connectivity index (χ1) is 13.2. The SMILES string of the molecule is Cc1cc(C)cc(C(=O)N2CCCC(C(=O)N3CCC(O)(C(=O)O)CC3)C2)c1. The van der Waals surface area contributed by atoms with E-state index in [1.54, 1.807) is 9.80 Å². The van der Waals surface area contributed by atoms with Crippen molar-refractivity contribution in [2.24, 2.45) is 5.92 Å². The molecule has 0 aromatic heterocycles. The number of aliphatic carboxylic acids is 1. The molecule has 2 saturated heterocycles. The molecule has 2 N–H and O–H groups in total. The molecule has 28 heavy (non-hydrogen) atoms. The highest BCUT2D eigenvalue weighted by atomic mass is 16.4. The number of hydrogen-bond donors (Lipinski definition) is 2. The standard InChI is InChI=1S/C21H28N2O5/c1-14-10-15(2)12-17(11-14)19(25)23-7-3-4-16(13-23)18(24)22-8-5-21(28,6-9-22)20(26)27/h10-12,16,28H,3-9,13H2,1-2H3,(H,26,27). The van der Waals surface area contributed by atoms with Crippen molar-refractivity contribution in [1.82, 2.24) is 9.80 Å². The Balaban J connectivity index is 1.64. The zero-order valence-electron chi connectivity index (χ0n) is 16.5. The first kappa shape index (κ1) is 20.3. The van der Waals surface area contributed by atoms with E-state index in [1.807, 2.05) is 32.0 Å². The largest absolute Gasteiger partial charge is 0.479 e.